The molecule has 0 fully saturated rings. The van der Waals surface area contributed by atoms with Crippen molar-refractivity contribution in [3.63, 3.8) is 0 Å². The van der Waals surface area contributed by atoms with Crippen LogP contribution in [0, 0.1) is 6.92 Å². The fraction of sp³-hybridized carbons (Fsp3) is 0.250. The zero-order valence-corrected chi connectivity index (χ0v) is 7.85. The number of aliphatic hydroxyl groups is 1. The Morgan fingerprint density at radius 2 is 2.18 bits per heavy atom. The minimum Gasteiger partial charge on any atom is -0.398 e. The SMILES string of the molecule is Cc1cc(N)c(Br)c(CO)c1. The van der Waals surface area contributed by atoms with E-state index in [0.717, 1.165) is 15.6 Å². The van der Waals surface area contributed by atoms with E-state index in [1.807, 2.05) is 19.1 Å². The summed E-state index contributed by atoms with van der Waals surface area (Å²) >= 11 is 3.29. The van der Waals surface area contributed by atoms with Crippen LogP contribution in [0.25, 0.3) is 0 Å². The molecule has 0 aromatic heterocycles. The molecule has 2 nitrogen and oxygen atoms in total. The third-order valence-corrected chi connectivity index (χ3v) is 2.46. The number of aryl methyl sites for hydroxylation is 1. The van der Waals surface area contributed by atoms with Gasteiger partial charge in [-0.25, -0.2) is 0 Å². The summed E-state index contributed by atoms with van der Waals surface area (Å²) < 4.78 is 0.797. The summed E-state index contributed by atoms with van der Waals surface area (Å²) in [6, 6.07) is 3.77. The molecule has 0 aliphatic carbocycles. The van der Waals surface area contributed by atoms with Crippen molar-refractivity contribution in [1.82, 2.24) is 0 Å². The van der Waals surface area contributed by atoms with E-state index in [2.05, 4.69) is 15.9 Å². The molecule has 0 aliphatic rings. The largest absolute Gasteiger partial charge is 0.398 e. The number of anilines is 1. The average molecular weight is 216 g/mol. The quantitative estimate of drug-likeness (QED) is 0.703. The summed E-state index contributed by atoms with van der Waals surface area (Å²) in [4.78, 5) is 0. The Labute approximate surface area is 74.2 Å². The van der Waals surface area contributed by atoms with Gasteiger partial charge in [0.05, 0.1) is 6.61 Å². The van der Waals surface area contributed by atoms with E-state index in [9.17, 15) is 0 Å². The summed E-state index contributed by atoms with van der Waals surface area (Å²) in [5.74, 6) is 0. The Morgan fingerprint density at radius 1 is 1.55 bits per heavy atom. The monoisotopic (exact) mass is 215 g/mol. The van der Waals surface area contributed by atoms with Crippen molar-refractivity contribution in [1.29, 1.82) is 0 Å². The van der Waals surface area contributed by atoms with Crippen molar-refractivity contribution in [3.8, 4) is 0 Å². The second kappa shape index (κ2) is 3.24. The smallest absolute Gasteiger partial charge is 0.0693 e. The van der Waals surface area contributed by atoms with Crippen LogP contribution in [-0.2, 0) is 6.61 Å². The molecule has 1 aromatic carbocycles. The van der Waals surface area contributed by atoms with E-state index in [0.29, 0.717) is 5.69 Å². The minimum absolute atomic E-state index is 0.0203. The standard InChI is InChI=1S/C8H10BrNO/c1-5-2-6(4-11)8(9)7(10)3-5/h2-3,11H,4,10H2,1H3. The van der Waals surface area contributed by atoms with E-state index in [-0.39, 0.29) is 6.61 Å². The molecule has 11 heavy (non-hydrogen) atoms. The number of aliphatic hydroxyl groups excluding tert-OH is 1. The van der Waals surface area contributed by atoms with Crippen LogP contribution < -0.4 is 5.73 Å². The second-order valence-corrected chi connectivity index (χ2v) is 3.28. The first-order chi connectivity index (χ1) is 5.15. The van der Waals surface area contributed by atoms with Crippen molar-refractivity contribution in [2.75, 3.05) is 5.73 Å². The molecule has 0 unspecified atom stereocenters. The van der Waals surface area contributed by atoms with Gasteiger partial charge >= 0.3 is 0 Å². The van der Waals surface area contributed by atoms with Gasteiger partial charge in [-0.05, 0) is 40.0 Å². The van der Waals surface area contributed by atoms with Gasteiger partial charge in [-0.3, -0.25) is 0 Å². The molecule has 0 saturated carbocycles. The van der Waals surface area contributed by atoms with Crippen LogP contribution in [0.5, 0.6) is 0 Å². The third-order valence-electron chi connectivity index (χ3n) is 1.49. The number of rotatable bonds is 1. The van der Waals surface area contributed by atoms with Crippen molar-refractivity contribution >= 4 is 21.6 Å². The molecule has 0 saturated heterocycles. The molecule has 0 amide bonds. The van der Waals surface area contributed by atoms with Gasteiger partial charge in [-0.1, -0.05) is 6.07 Å². The Hall–Kier alpha value is -0.540. The van der Waals surface area contributed by atoms with Crippen molar-refractivity contribution in [2.45, 2.75) is 13.5 Å². The first-order valence-corrected chi connectivity index (χ1v) is 4.10. The zero-order chi connectivity index (χ0) is 8.43. The number of nitrogens with two attached hydrogens (primary N) is 1. The molecule has 0 spiro atoms. The number of halogens is 1. The van der Waals surface area contributed by atoms with Crippen molar-refractivity contribution < 1.29 is 5.11 Å². The van der Waals surface area contributed by atoms with Gasteiger partial charge in [-0.15, -0.1) is 0 Å². The van der Waals surface area contributed by atoms with Gasteiger partial charge in [0.2, 0.25) is 0 Å². The molecule has 1 aromatic rings. The van der Waals surface area contributed by atoms with Gasteiger partial charge in [0, 0.05) is 10.2 Å². The molecule has 3 N–H and O–H groups in total. The summed E-state index contributed by atoms with van der Waals surface area (Å²) in [7, 11) is 0. The van der Waals surface area contributed by atoms with Gasteiger partial charge in [0.15, 0.2) is 0 Å². The third kappa shape index (κ3) is 1.73. The Morgan fingerprint density at radius 3 is 2.73 bits per heavy atom. The van der Waals surface area contributed by atoms with E-state index < -0.39 is 0 Å². The van der Waals surface area contributed by atoms with Gasteiger partial charge in [-0.2, -0.15) is 0 Å². The van der Waals surface area contributed by atoms with Crippen LogP contribution in [0.2, 0.25) is 0 Å². The molecular weight excluding hydrogens is 206 g/mol. The average Bonchev–Trinajstić information content (AvgIpc) is 1.96. The van der Waals surface area contributed by atoms with E-state index in [4.69, 9.17) is 10.8 Å². The lowest BCUT2D eigenvalue weighted by Gasteiger charge is -2.05. The number of benzene rings is 1. The first kappa shape index (κ1) is 8.56. The highest BCUT2D eigenvalue weighted by Crippen LogP contribution is 2.25. The second-order valence-electron chi connectivity index (χ2n) is 2.49. The highest BCUT2D eigenvalue weighted by atomic mass is 79.9. The number of hydrogen-bond donors (Lipinski definition) is 2. The van der Waals surface area contributed by atoms with Crippen molar-refractivity contribution in [2.24, 2.45) is 0 Å². The lowest BCUT2D eigenvalue weighted by atomic mass is 10.1. The highest BCUT2D eigenvalue weighted by molar-refractivity contribution is 9.10. The fourth-order valence-corrected chi connectivity index (χ4v) is 1.34. The van der Waals surface area contributed by atoms with Crippen LogP contribution in [0.3, 0.4) is 0 Å². The van der Waals surface area contributed by atoms with Gasteiger partial charge < -0.3 is 10.8 Å². The molecule has 0 bridgehead atoms. The van der Waals surface area contributed by atoms with Crippen LogP contribution in [0.4, 0.5) is 5.69 Å². The van der Waals surface area contributed by atoms with Crippen molar-refractivity contribution in [3.05, 3.63) is 27.7 Å². The molecule has 0 heterocycles. The summed E-state index contributed by atoms with van der Waals surface area (Å²) in [5.41, 5.74) is 8.21. The van der Waals surface area contributed by atoms with Crippen LogP contribution in [0.15, 0.2) is 16.6 Å². The first-order valence-electron chi connectivity index (χ1n) is 3.30. The summed E-state index contributed by atoms with van der Waals surface area (Å²) in [6.07, 6.45) is 0. The lowest BCUT2D eigenvalue weighted by molar-refractivity contribution is 0.281. The maximum absolute atomic E-state index is 8.88. The molecule has 0 atom stereocenters. The molecule has 3 heteroatoms. The van der Waals surface area contributed by atoms with Crippen LogP contribution in [-0.4, -0.2) is 5.11 Å². The number of hydrogen-bond acceptors (Lipinski definition) is 2. The van der Waals surface area contributed by atoms with E-state index in [1.54, 1.807) is 0 Å². The number of nitrogen functional groups attached to an aromatic ring is 1. The topological polar surface area (TPSA) is 46.2 Å². The Kier molecular flexibility index (Phi) is 2.52. The molecule has 0 aliphatic heterocycles. The zero-order valence-electron chi connectivity index (χ0n) is 6.26. The van der Waals surface area contributed by atoms with Crippen LogP contribution >= 0.6 is 15.9 Å². The fourth-order valence-electron chi connectivity index (χ4n) is 0.989. The minimum atomic E-state index is 0.0203. The van der Waals surface area contributed by atoms with E-state index >= 15 is 0 Å². The normalized spacial score (nSPS) is 10.1. The molecule has 60 valence electrons. The molecular formula is C8H10BrNO. The predicted octanol–water partition coefficient (Wildman–Crippen LogP) is 1.83. The maximum atomic E-state index is 8.88. The molecule has 1 rings (SSSR count). The highest BCUT2D eigenvalue weighted by Gasteiger charge is 2.02. The predicted molar refractivity (Wildman–Crippen MR) is 49.2 cm³/mol. The summed E-state index contributed by atoms with van der Waals surface area (Å²) in [6.45, 7) is 1.97. The summed E-state index contributed by atoms with van der Waals surface area (Å²) in [5, 5.41) is 8.88. The van der Waals surface area contributed by atoms with E-state index in [1.165, 1.54) is 0 Å². The lowest BCUT2D eigenvalue weighted by Crippen LogP contribution is -1.93. The van der Waals surface area contributed by atoms with Gasteiger partial charge in [0.25, 0.3) is 0 Å². The Bertz CT molecular complexity index is 273. The van der Waals surface area contributed by atoms with Crippen LogP contribution in [0.1, 0.15) is 11.1 Å². The van der Waals surface area contributed by atoms with Gasteiger partial charge in [0.1, 0.15) is 0 Å². The molecule has 0 radical (unpaired) electrons. The Balaban J connectivity index is 3.24. The maximum Gasteiger partial charge on any atom is 0.0693 e.